The number of carbonyl (C=O) groups excluding carboxylic acids is 2. The standard InChI is InChI=1S/C14H24N2O3/c1-2-10-6-7-11(19-10)12(17)16-14(13(15)18)8-4-3-5-9-14/h10-11H,2-9H2,1H3,(H2,15,18)(H,16,17). The van der Waals surface area contributed by atoms with Crippen molar-refractivity contribution in [3.8, 4) is 0 Å². The topological polar surface area (TPSA) is 81.4 Å². The Labute approximate surface area is 114 Å². The quantitative estimate of drug-likeness (QED) is 0.805. The van der Waals surface area contributed by atoms with Crippen LogP contribution in [0.4, 0.5) is 0 Å². The molecule has 0 aromatic rings. The van der Waals surface area contributed by atoms with E-state index in [4.69, 9.17) is 10.5 Å². The van der Waals surface area contributed by atoms with Crippen LogP contribution in [0.3, 0.4) is 0 Å². The van der Waals surface area contributed by atoms with E-state index in [-0.39, 0.29) is 12.0 Å². The highest BCUT2D eigenvalue weighted by molar-refractivity contribution is 5.92. The van der Waals surface area contributed by atoms with E-state index in [0.717, 1.165) is 38.5 Å². The smallest absolute Gasteiger partial charge is 0.250 e. The summed E-state index contributed by atoms with van der Waals surface area (Å²) in [7, 11) is 0. The molecule has 19 heavy (non-hydrogen) atoms. The lowest BCUT2D eigenvalue weighted by atomic mass is 9.81. The molecule has 2 amide bonds. The molecule has 2 rings (SSSR count). The lowest BCUT2D eigenvalue weighted by molar-refractivity contribution is -0.139. The minimum Gasteiger partial charge on any atom is -0.368 e. The molecule has 2 aliphatic rings. The van der Waals surface area contributed by atoms with Gasteiger partial charge in [-0.05, 0) is 32.1 Å². The van der Waals surface area contributed by atoms with Gasteiger partial charge in [0, 0.05) is 0 Å². The Morgan fingerprint density at radius 3 is 2.47 bits per heavy atom. The van der Waals surface area contributed by atoms with Crippen molar-refractivity contribution in [3.05, 3.63) is 0 Å². The van der Waals surface area contributed by atoms with Crippen molar-refractivity contribution in [1.82, 2.24) is 5.32 Å². The van der Waals surface area contributed by atoms with Gasteiger partial charge in [-0.15, -0.1) is 0 Å². The fourth-order valence-electron chi connectivity index (χ4n) is 3.10. The van der Waals surface area contributed by atoms with Gasteiger partial charge in [-0.3, -0.25) is 9.59 Å². The highest BCUT2D eigenvalue weighted by Gasteiger charge is 2.41. The number of hydrogen-bond acceptors (Lipinski definition) is 3. The lowest BCUT2D eigenvalue weighted by Gasteiger charge is -2.35. The first-order valence-corrected chi connectivity index (χ1v) is 7.35. The van der Waals surface area contributed by atoms with Crippen molar-refractivity contribution in [2.75, 3.05) is 0 Å². The molecule has 1 saturated carbocycles. The third kappa shape index (κ3) is 3.08. The molecule has 1 aliphatic carbocycles. The average Bonchev–Trinajstić information content (AvgIpc) is 2.88. The Bertz CT molecular complexity index is 351. The van der Waals surface area contributed by atoms with Gasteiger partial charge in [-0.2, -0.15) is 0 Å². The van der Waals surface area contributed by atoms with E-state index in [0.29, 0.717) is 12.8 Å². The van der Waals surface area contributed by atoms with Crippen LogP contribution in [0.5, 0.6) is 0 Å². The molecule has 0 aromatic carbocycles. The third-order valence-corrected chi connectivity index (χ3v) is 4.40. The van der Waals surface area contributed by atoms with Gasteiger partial charge in [0.25, 0.3) is 0 Å². The molecule has 2 fully saturated rings. The van der Waals surface area contributed by atoms with Gasteiger partial charge in [0.05, 0.1) is 6.10 Å². The van der Waals surface area contributed by atoms with Gasteiger partial charge < -0.3 is 15.8 Å². The number of amides is 2. The Kier molecular flexibility index (Phi) is 4.45. The molecule has 3 N–H and O–H groups in total. The van der Waals surface area contributed by atoms with Crippen molar-refractivity contribution in [2.24, 2.45) is 5.73 Å². The van der Waals surface area contributed by atoms with Gasteiger partial charge in [-0.25, -0.2) is 0 Å². The van der Waals surface area contributed by atoms with E-state index in [1.54, 1.807) is 0 Å². The summed E-state index contributed by atoms with van der Waals surface area (Å²) in [5.41, 5.74) is 4.66. The molecular formula is C14H24N2O3. The van der Waals surface area contributed by atoms with Crippen molar-refractivity contribution in [1.29, 1.82) is 0 Å². The zero-order valence-electron chi connectivity index (χ0n) is 11.6. The van der Waals surface area contributed by atoms with Crippen LogP contribution in [0.1, 0.15) is 58.3 Å². The Balaban J connectivity index is 1.98. The van der Waals surface area contributed by atoms with E-state index in [2.05, 4.69) is 12.2 Å². The van der Waals surface area contributed by atoms with Gasteiger partial charge in [0.2, 0.25) is 11.8 Å². The number of ether oxygens (including phenoxy) is 1. The summed E-state index contributed by atoms with van der Waals surface area (Å²) in [5, 5.41) is 2.88. The normalized spacial score (nSPS) is 29.9. The number of nitrogens with two attached hydrogens (primary N) is 1. The van der Waals surface area contributed by atoms with Crippen LogP contribution in [0.2, 0.25) is 0 Å². The Hall–Kier alpha value is -1.10. The monoisotopic (exact) mass is 268 g/mol. The van der Waals surface area contributed by atoms with Crippen LogP contribution in [0.25, 0.3) is 0 Å². The second-order valence-corrected chi connectivity index (χ2v) is 5.73. The third-order valence-electron chi connectivity index (χ3n) is 4.40. The molecule has 5 nitrogen and oxygen atoms in total. The summed E-state index contributed by atoms with van der Waals surface area (Å²) in [5.74, 6) is -0.581. The van der Waals surface area contributed by atoms with Crippen LogP contribution < -0.4 is 11.1 Å². The molecule has 2 unspecified atom stereocenters. The van der Waals surface area contributed by atoms with Crippen molar-refractivity contribution >= 4 is 11.8 Å². The number of hydrogen-bond donors (Lipinski definition) is 2. The van der Waals surface area contributed by atoms with Gasteiger partial charge in [-0.1, -0.05) is 26.2 Å². The second-order valence-electron chi connectivity index (χ2n) is 5.73. The predicted molar refractivity (Wildman–Crippen MR) is 71.3 cm³/mol. The minimum atomic E-state index is -0.844. The van der Waals surface area contributed by atoms with E-state index in [1.807, 2.05) is 0 Å². The molecule has 1 heterocycles. The van der Waals surface area contributed by atoms with Crippen molar-refractivity contribution in [2.45, 2.75) is 76.0 Å². The number of primary amides is 1. The lowest BCUT2D eigenvalue weighted by Crippen LogP contribution is -2.60. The van der Waals surface area contributed by atoms with Gasteiger partial charge >= 0.3 is 0 Å². The second kappa shape index (κ2) is 5.90. The predicted octanol–water partition coefficient (Wildman–Crippen LogP) is 1.25. The fourth-order valence-corrected chi connectivity index (χ4v) is 3.10. The molecule has 108 valence electrons. The highest BCUT2D eigenvalue weighted by Crippen LogP contribution is 2.29. The van der Waals surface area contributed by atoms with Crippen LogP contribution in [-0.2, 0) is 14.3 Å². The molecule has 0 bridgehead atoms. The number of rotatable bonds is 4. The average molecular weight is 268 g/mol. The highest BCUT2D eigenvalue weighted by atomic mass is 16.5. The van der Waals surface area contributed by atoms with E-state index in [1.165, 1.54) is 0 Å². The Morgan fingerprint density at radius 2 is 1.95 bits per heavy atom. The molecule has 2 atom stereocenters. The molecule has 1 saturated heterocycles. The SMILES string of the molecule is CCC1CCC(C(=O)NC2(C(N)=O)CCCCC2)O1. The van der Waals surface area contributed by atoms with Crippen molar-refractivity contribution in [3.63, 3.8) is 0 Å². The Morgan fingerprint density at radius 1 is 1.26 bits per heavy atom. The summed E-state index contributed by atoms with van der Waals surface area (Å²) in [4.78, 5) is 24.0. The van der Waals surface area contributed by atoms with Crippen LogP contribution in [-0.4, -0.2) is 29.6 Å². The summed E-state index contributed by atoms with van der Waals surface area (Å²) in [6.07, 6.45) is 6.61. The summed E-state index contributed by atoms with van der Waals surface area (Å²) < 4.78 is 5.67. The molecule has 0 spiro atoms. The number of nitrogens with one attached hydrogen (secondary N) is 1. The maximum atomic E-state index is 12.2. The van der Waals surface area contributed by atoms with E-state index in [9.17, 15) is 9.59 Å². The molecule has 1 aliphatic heterocycles. The first-order chi connectivity index (χ1) is 9.07. The summed E-state index contributed by atoms with van der Waals surface area (Å²) >= 11 is 0. The van der Waals surface area contributed by atoms with Gasteiger partial charge in [0.15, 0.2) is 0 Å². The summed E-state index contributed by atoms with van der Waals surface area (Å²) in [6.45, 7) is 2.05. The fraction of sp³-hybridized carbons (Fsp3) is 0.857. The number of carbonyl (C=O) groups is 2. The minimum absolute atomic E-state index is 0.170. The maximum absolute atomic E-state index is 12.2. The van der Waals surface area contributed by atoms with Crippen LogP contribution in [0.15, 0.2) is 0 Å². The first-order valence-electron chi connectivity index (χ1n) is 7.35. The molecule has 0 aromatic heterocycles. The zero-order valence-corrected chi connectivity index (χ0v) is 11.6. The largest absolute Gasteiger partial charge is 0.368 e. The molecule has 5 heteroatoms. The zero-order chi connectivity index (χ0) is 13.9. The maximum Gasteiger partial charge on any atom is 0.250 e. The molecular weight excluding hydrogens is 244 g/mol. The summed E-state index contributed by atoms with van der Waals surface area (Å²) in [6, 6.07) is 0. The van der Waals surface area contributed by atoms with E-state index < -0.39 is 17.6 Å². The van der Waals surface area contributed by atoms with Crippen molar-refractivity contribution < 1.29 is 14.3 Å². The van der Waals surface area contributed by atoms with Gasteiger partial charge in [0.1, 0.15) is 11.6 Å². The molecule has 0 radical (unpaired) electrons. The van der Waals surface area contributed by atoms with E-state index >= 15 is 0 Å². The van der Waals surface area contributed by atoms with Crippen LogP contribution >= 0.6 is 0 Å². The van der Waals surface area contributed by atoms with Crippen LogP contribution in [0, 0.1) is 0 Å². The first kappa shape index (κ1) is 14.3.